The minimum absolute atomic E-state index is 0.0789. The van der Waals surface area contributed by atoms with Gasteiger partial charge in [-0.3, -0.25) is 9.10 Å². The number of para-hydroxylation sites is 1. The van der Waals surface area contributed by atoms with Gasteiger partial charge in [-0.1, -0.05) is 57.2 Å². The van der Waals surface area contributed by atoms with Gasteiger partial charge in [0.25, 0.3) is 10.0 Å². The van der Waals surface area contributed by atoms with Crippen LogP contribution in [0.3, 0.4) is 0 Å². The Kier molecular flexibility index (Phi) is 8.40. The standard InChI is InChI=1S/C27H32N2O5S/c1-27(2,3)24-12-8-9-13-25(24)34-19-18-28-26(30)20-29(21-14-16-22(33-4)17-15-21)35(31,32)23-10-6-5-7-11-23/h5-17H,18-20H2,1-4H3,(H,28,30). The molecule has 3 aromatic carbocycles. The Morgan fingerprint density at radius 2 is 1.54 bits per heavy atom. The van der Waals surface area contributed by atoms with Crippen LogP contribution in [0.15, 0.2) is 83.8 Å². The van der Waals surface area contributed by atoms with E-state index in [0.29, 0.717) is 11.4 Å². The molecule has 0 saturated heterocycles. The van der Waals surface area contributed by atoms with Gasteiger partial charge < -0.3 is 14.8 Å². The fourth-order valence-corrected chi connectivity index (χ4v) is 4.98. The van der Waals surface area contributed by atoms with Crippen molar-refractivity contribution >= 4 is 21.6 Å². The van der Waals surface area contributed by atoms with Crippen molar-refractivity contribution in [1.82, 2.24) is 5.32 Å². The minimum Gasteiger partial charge on any atom is -0.497 e. The van der Waals surface area contributed by atoms with Crippen LogP contribution in [0.2, 0.25) is 0 Å². The monoisotopic (exact) mass is 496 g/mol. The summed E-state index contributed by atoms with van der Waals surface area (Å²) in [4.78, 5) is 12.9. The molecule has 0 heterocycles. The number of hydrogen-bond acceptors (Lipinski definition) is 5. The van der Waals surface area contributed by atoms with Gasteiger partial charge in [0.05, 0.1) is 24.2 Å². The smallest absolute Gasteiger partial charge is 0.264 e. The van der Waals surface area contributed by atoms with Crippen molar-refractivity contribution in [1.29, 1.82) is 0 Å². The molecule has 7 nitrogen and oxygen atoms in total. The summed E-state index contributed by atoms with van der Waals surface area (Å²) in [6.45, 7) is 6.45. The lowest BCUT2D eigenvalue weighted by Gasteiger charge is -2.24. The zero-order valence-electron chi connectivity index (χ0n) is 20.5. The number of nitrogens with zero attached hydrogens (tertiary/aromatic N) is 1. The zero-order valence-corrected chi connectivity index (χ0v) is 21.3. The van der Waals surface area contributed by atoms with Crippen molar-refractivity contribution < 1.29 is 22.7 Å². The van der Waals surface area contributed by atoms with Crippen molar-refractivity contribution in [3.63, 3.8) is 0 Å². The third-order valence-electron chi connectivity index (χ3n) is 5.36. The number of rotatable bonds is 10. The number of carbonyl (C=O) groups is 1. The molecule has 0 saturated carbocycles. The lowest BCUT2D eigenvalue weighted by Crippen LogP contribution is -2.41. The van der Waals surface area contributed by atoms with Gasteiger partial charge in [-0.15, -0.1) is 0 Å². The summed E-state index contributed by atoms with van der Waals surface area (Å²) in [5, 5.41) is 2.76. The predicted molar refractivity (Wildman–Crippen MR) is 138 cm³/mol. The fourth-order valence-electron chi connectivity index (χ4n) is 3.53. The molecule has 0 aromatic heterocycles. The van der Waals surface area contributed by atoms with Crippen LogP contribution in [0.5, 0.6) is 11.5 Å². The van der Waals surface area contributed by atoms with Gasteiger partial charge in [0.1, 0.15) is 24.7 Å². The van der Waals surface area contributed by atoms with E-state index >= 15 is 0 Å². The van der Waals surface area contributed by atoms with Gasteiger partial charge in [0.2, 0.25) is 5.91 Å². The summed E-state index contributed by atoms with van der Waals surface area (Å²) >= 11 is 0. The Hall–Kier alpha value is -3.52. The van der Waals surface area contributed by atoms with Crippen LogP contribution in [-0.2, 0) is 20.2 Å². The van der Waals surface area contributed by atoms with Gasteiger partial charge in [-0.25, -0.2) is 8.42 Å². The Balaban J connectivity index is 1.69. The number of nitrogens with one attached hydrogen (secondary N) is 1. The molecule has 3 aromatic rings. The highest BCUT2D eigenvalue weighted by Gasteiger charge is 2.27. The van der Waals surface area contributed by atoms with Crippen molar-refractivity contribution in [3.05, 3.63) is 84.4 Å². The van der Waals surface area contributed by atoms with Crippen molar-refractivity contribution in [2.75, 3.05) is 31.1 Å². The summed E-state index contributed by atoms with van der Waals surface area (Å²) in [7, 11) is -2.43. The molecule has 1 N–H and O–H groups in total. The van der Waals surface area contributed by atoms with Crippen LogP contribution >= 0.6 is 0 Å². The second-order valence-corrected chi connectivity index (χ2v) is 10.8. The number of sulfonamides is 1. The molecule has 0 fully saturated rings. The average Bonchev–Trinajstić information content (AvgIpc) is 2.85. The highest BCUT2D eigenvalue weighted by molar-refractivity contribution is 7.92. The Morgan fingerprint density at radius 3 is 2.17 bits per heavy atom. The van der Waals surface area contributed by atoms with Gasteiger partial charge >= 0.3 is 0 Å². The van der Waals surface area contributed by atoms with Crippen molar-refractivity contribution in [3.8, 4) is 11.5 Å². The number of ether oxygens (including phenoxy) is 2. The van der Waals surface area contributed by atoms with Gasteiger partial charge in [0, 0.05) is 0 Å². The van der Waals surface area contributed by atoms with Gasteiger partial charge in [0.15, 0.2) is 0 Å². The SMILES string of the molecule is COc1ccc(N(CC(=O)NCCOc2ccccc2C(C)(C)C)S(=O)(=O)c2ccccc2)cc1. The molecule has 0 atom stereocenters. The first-order chi connectivity index (χ1) is 16.6. The lowest BCUT2D eigenvalue weighted by molar-refractivity contribution is -0.119. The molecule has 1 amide bonds. The van der Waals surface area contributed by atoms with Gasteiger partial charge in [-0.2, -0.15) is 0 Å². The molecule has 0 radical (unpaired) electrons. The van der Waals surface area contributed by atoms with E-state index in [1.807, 2.05) is 24.3 Å². The fraction of sp³-hybridized carbons (Fsp3) is 0.296. The normalized spacial score (nSPS) is 11.5. The Labute approximate surface area is 207 Å². The maximum absolute atomic E-state index is 13.4. The number of anilines is 1. The largest absolute Gasteiger partial charge is 0.497 e. The molecule has 0 aliphatic rings. The molecule has 35 heavy (non-hydrogen) atoms. The maximum atomic E-state index is 13.4. The van der Waals surface area contributed by atoms with E-state index in [9.17, 15) is 13.2 Å². The number of benzene rings is 3. The molecular formula is C27H32N2O5S. The topological polar surface area (TPSA) is 84.9 Å². The molecule has 0 spiro atoms. The minimum atomic E-state index is -3.96. The lowest BCUT2D eigenvalue weighted by atomic mass is 9.86. The Morgan fingerprint density at radius 1 is 0.914 bits per heavy atom. The first kappa shape index (κ1) is 26.1. The van der Waals surface area contributed by atoms with Crippen LogP contribution in [0, 0.1) is 0 Å². The number of amides is 1. The highest BCUT2D eigenvalue weighted by atomic mass is 32.2. The van der Waals surface area contributed by atoms with E-state index in [4.69, 9.17) is 9.47 Å². The van der Waals surface area contributed by atoms with Crippen LogP contribution in [0.25, 0.3) is 0 Å². The van der Waals surface area contributed by atoms with Gasteiger partial charge in [-0.05, 0) is 53.4 Å². The van der Waals surface area contributed by atoms with Crippen LogP contribution in [-0.4, -0.2) is 41.1 Å². The van der Waals surface area contributed by atoms with Crippen molar-refractivity contribution in [2.24, 2.45) is 0 Å². The summed E-state index contributed by atoms with van der Waals surface area (Å²) in [5.41, 5.74) is 1.36. The Bertz CT molecular complexity index is 1220. The van der Waals surface area contributed by atoms with E-state index in [-0.39, 0.29) is 30.0 Å². The first-order valence-electron chi connectivity index (χ1n) is 11.3. The molecule has 0 unspecified atom stereocenters. The summed E-state index contributed by atoms with van der Waals surface area (Å²) in [6, 6.07) is 22.4. The molecule has 0 aliphatic heterocycles. The van der Waals surface area contributed by atoms with Crippen LogP contribution < -0.4 is 19.1 Å². The van der Waals surface area contributed by atoms with E-state index in [1.54, 1.807) is 42.5 Å². The third kappa shape index (κ3) is 6.76. The van der Waals surface area contributed by atoms with E-state index < -0.39 is 15.9 Å². The van der Waals surface area contributed by atoms with Crippen LogP contribution in [0.4, 0.5) is 5.69 Å². The maximum Gasteiger partial charge on any atom is 0.264 e. The zero-order chi connectivity index (χ0) is 25.5. The number of hydrogen-bond donors (Lipinski definition) is 1. The highest BCUT2D eigenvalue weighted by Crippen LogP contribution is 2.31. The molecule has 3 rings (SSSR count). The average molecular weight is 497 g/mol. The summed E-state index contributed by atoms with van der Waals surface area (Å²) in [5.74, 6) is 0.914. The van der Waals surface area contributed by atoms with E-state index in [1.165, 1.54) is 19.2 Å². The molecule has 0 aliphatic carbocycles. The third-order valence-corrected chi connectivity index (χ3v) is 7.14. The van der Waals surface area contributed by atoms with E-state index in [2.05, 4.69) is 26.1 Å². The summed E-state index contributed by atoms with van der Waals surface area (Å²) < 4.78 is 38.9. The quantitative estimate of drug-likeness (QED) is 0.421. The summed E-state index contributed by atoms with van der Waals surface area (Å²) in [6.07, 6.45) is 0. The second-order valence-electron chi connectivity index (χ2n) is 8.97. The molecule has 0 bridgehead atoms. The molecule has 186 valence electrons. The predicted octanol–water partition coefficient (Wildman–Crippen LogP) is 4.38. The molecular weight excluding hydrogens is 464 g/mol. The van der Waals surface area contributed by atoms with E-state index in [0.717, 1.165) is 15.6 Å². The first-order valence-corrected chi connectivity index (χ1v) is 12.8. The second kappa shape index (κ2) is 11.3. The number of carbonyl (C=O) groups excluding carboxylic acids is 1. The van der Waals surface area contributed by atoms with Crippen LogP contribution in [0.1, 0.15) is 26.3 Å². The number of methoxy groups -OCH3 is 1. The van der Waals surface area contributed by atoms with Crippen molar-refractivity contribution in [2.45, 2.75) is 31.1 Å². The molecule has 8 heteroatoms.